The Morgan fingerprint density at radius 3 is 2.64 bits per heavy atom. The van der Waals surface area contributed by atoms with Crippen molar-refractivity contribution in [1.29, 1.82) is 0 Å². The van der Waals surface area contributed by atoms with Crippen LogP contribution in [-0.4, -0.2) is 43.3 Å². The van der Waals surface area contributed by atoms with Crippen LogP contribution in [0.3, 0.4) is 0 Å². The first-order chi connectivity index (χ1) is 11.8. The van der Waals surface area contributed by atoms with Gasteiger partial charge >= 0.3 is 0 Å². The molecule has 0 unspecified atom stereocenters. The molecule has 1 aliphatic heterocycles. The molecule has 25 heavy (non-hydrogen) atoms. The zero-order chi connectivity index (χ0) is 18.2. The van der Waals surface area contributed by atoms with Gasteiger partial charge in [0.25, 0.3) is 0 Å². The van der Waals surface area contributed by atoms with E-state index >= 15 is 0 Å². The van der Waals surface area contributed by atoms with Gasteiger partial charge in [-0.2, -0.15) is 0 Å². The van der Waals surface area contributed by atoms with E-state index < -0.39 is 9.84 Å². The van der Waals surface area contributed by atoms with Gasteiger partial charge < -0.3 is 9.32 Å². The summed E-state index contributed by atoms with van der Waals surface area (Å²) in [7, 11) is -3.01. The minimum absolute atomic E-state index is 0.0233. The third-order valence-electron chi connectivity index (χ3n) is 5.05. The largest absolute Gasteiger partial charge is 0.464 e. The number of fused-ring (bicyclic) bond motifs is 1. The predicted molar refractivity (Wildman–Crippen MR) is 98.5 cm³/mol. The molecule has 6 heteroatoms. The van der Waals surface area contributed by atoms with E-state index in [4.69, 9.17) is 4.42 Å². The van der Waals surface area contributed by atoms with Crippen molar-refractivity contribution in [2.24, 2.45) is 0 Å². The molecule has 0 bridgehead atoms. The van der Waals surface area contributed by atoms with Crippen molar-refractivity contribution in [3.05, 3.63) is 35.1 Å². The molecule has 5 nitrogen and oxygen atoms in total. The van der Waals surface area contributed by atoms with Crippen LogP contribution < -0.4 is 0 Å². The average Bonchev–Trinajstić information content (AvgIpc) is 3.09. The molecule has 1 atom stereocenters. The minimum Gasteiger partial charge on any atom is -0.464 e. The maximum atomic E-state index is 12.9. The highest BCUT2D eigenvalue weighted by Gasteiger charge is 2.34. The van der Waals surface area contributed by atoms with Crippen LogP contribution in [-0.2, 0) is 21.1 Å². The number of benzene rings is 1. The van der Waals surface area contributed by atoms with E-state index in [2.05, 4.69) is 6.07 Å². The molecule has 1 saturated heterocycles. The van der Waals surface area contributed by atoms with E-state index in [0.717, 1.165) is 34.1 Å². The Morgan fingerprint density at radius 2 is 2.00 bits per heavy atom. The number of furan rings is 1. The van der Waals surface area contributed by atoms with Gasteiger partial charge in [0, 0.05) is 23.5 Å². The van der Waals surface area contributed by atoms with Gasteiger partial charge in [-0.05, 0) is 49.9 Å². The summed E-state index contributed by atoms with van der Waals surface area (Å²) in [6, 6.07) is 3.85. The van der Waals surface area contributed by atoms with E-state index in [1.54, 1.807) is 11.2 Å². The summed E-state index contributed by atoms with van der Waals surface area (Å²) >= 11 is 0. The van der Waals surface area contributed by atoms with Gasteiger partial charge in [0.2, 0.25) is 5.91 Å². The van der Waals surface area contributed by atoms with Crippen molar-refractivity contribution < 1.29 is 17.6 Å². The monoisotopic (exact) mass is 363 g/mol. The van der Waals surface area contributed by atoms with Crippen LogP contribution in [0, 0.1) is 13.8 Å². The Bertz CT molecular complexity index is 898. The number of aryl methyl sites for hydroxylation is 2. The van der Waals surface area contributed by atoms with Crippen LogP contribution in [0.2, 0.25) is 0 Å². The molecule has 0 saturated carbocycles. The number of nitrogens with zero attached hydrogens (tertiary/aromatic N) is 1. The Labute approximate surface area is 148 Å². The standard InChI is InChI=1S/C19H25NO4S/c1-4-6-20(16-5-7-25(22,23)12-16)19(21)10-15-11-24-18-9-14(3)13(2)8-17(15)18/h8-9,11,16H,4-7,10,12H2,1-3H3/t16-/m0/s1. The molecular weight excluding hydrogens is 338 g/mol. The fraction of sp³-hybridized carbons (Fsp3) is 0.526. The third-order valence-corrected chi connectivity index (χ3v) is 6.80. The maximum absolute atomic E-state index is 12.9. The SMILES string of the molecule is CCCN(C(=O)Cc1coc2cc(C)c(C)cc12)[C@H]1CCS(=O)(=O)C1. The van der Waals surface area contributed by atoms with Crippen molar-refractivity contribution in [1.82, 2.24) is 4.90 Å². The lowest BCUT2D eigenvalue weighted by Gasteiger charge is -2.28. The molecule has 1 aromatic carbocycles. The normalized spacial score (nSPS) is 19.4. The topological polar surface area (TPSA) is 67.6 Å². The first kappa shape index (κ1) is 18.0. The number of carbonyl (C=O) groups is 1. The molecule has 0 spiro atoms. The molecule has 0 radical (unpaired) electrons. The van der Waals surface area contributed by atoms with Gasteiger partial charge in [0.05, 0.1) is 24.2 Å². The van der Waals surface area contributed by atoms with Crippen LogP contribution in [0.5, 0.6) is 0 Å². The first-order valence-electron chi connectivity index (χ1n) is 8.78. The number of hydrogen-bond acceptors (Lipinski definition) is 4. The van der Waals surface area contributed by atoms with Crippen molar-refractivity contribution in [2.45, 2.75) is 46.1 Å². The van der Waals surface area contributed by atoms with Crippen LogP contribution in [0.4, 0.5) is 0 Å². The fourth-order valence-corrected chi connectivity index (χ4v) is 5.24. The molecule has 1 amide bonds. The van der Waals surface area contributed by atoms with Crippen LogP contribution in [0.1, 0.15) is 36.5 Å². The fourth-order valence-electron chi connectivity index (χ4n) is 3.51. The van der Waals surface area contributed by atoms with E-state index in [1.165, 1.54) is 0 Å². The van der Waals surface area contributed by atoms with Gasteiger partial charge in [-0.3, -0.25) is 4.79 Å². The molecule has 136 valence electrons. The molecule has 1 aromatic heterocycles. The summed E-state index contributed by atoms with van der Waals surface area (Å²) < 4.78 is 29.2. The highest BCUT2D eigenvalue weighted by atomic mass is 32.2. The quantitative estimate of drug-likeness (QED) is 0.819. The Hall–Kier alpha value is -1.82. The second-order valence-electron chi connectivity index (χ2n) is 7.01. The molecule has 2 heterocycles. The highest BCUT2D eigenvalue weighted by Crippen LogP contribution is 2.26. The van der Waals surface area contributed by atoms with Gasteiger partial charge in [-0.15, -0.1) is 0 Å². The number of sulfone groups is 1. The van der Waals surface area contributed by atoms with Crippen molar-refractivity contribution >= 4 is 26.7 Å². The summed E-state index contributed by atoms with van der Waals surface area (Å²) in [4.78, 5) is 14.6. The lowest BCUT2D eigenvalue weighted by molar-refractivity contribution is -0.132. The second kappa shape index (κ2) is 6.83. The van der Waals surface area contributed by atoms with E-state index in [-0.39, 0.29) is 29.9 Å². The number of rotatable bonds is 5. The van der Waals surface area contributed by atoms with Crippen molar-refractivity contribution in [2.75, 3.05) is 18.1 Å². The summed E-state index contributed by atoms with van der Waals surface area (Å²) in [6.45, 7) is 6.67. The van der Waals surface area contributed by atoms with E-state index in [1.807, 2.05) is 26.8 Å². The Morgan fingerprint density at radius 1 is 1.28 bits per heavy atom. The third kappa shape index (κ3) is 3.73. The zero-order valence-corrected chi connectivity index (χ0v) is 15.9. The minimum atomic E-state index is -3.01. The van der Waals surface area contributed by atoms with Gasteiger partial charge in [0.15, 0.2) is 9.84 Å². The Balaban J connectivity index is 1.83. The summed E-state index contributed by atoms with van der Waals surface area (Å²) in [5.41, 5.74) is 3.97. The van der Waals surface area contributed by atoms with Crippen LogP contribution >= 0.6 is 0 Å². The highest BCUT2D eigenvalue weighted by molar-refractivity contribution is 7.91. The average molecular weight is 363 g/mol. The van der Waals surface area contributed by atoms with Crippen molar-refractivity contribution in [3.63, 3.8) is 0 Å². The summed E-state index contributed by atoms with van der Waals surface area (Å²) in [5, 5.41) is 0.965. The van der Waals surface area contributed by atoms with Gasteiger partial charge in [0.1, 0.15) is 5.58 Å². The molecule has 2 aromatic rings. The lowest BCUT2D eigenvalue weighted by Crippen LogP contribution is -2.42. The maximum Gasteiger partial charge on any atom is 0.227 e. The van der Waals surface area contributed by atoms with Crippen LogP contribution in [0.25, 0.3) is 11.0 Å². The first-order valence-corrected chi connectivity index (χ1v) is 10.6. The molecule has 3 rings (SSSR count). The van der Waals surface area contributed by atoms with Crippen LogP contribution in [0.15, 0.2) is 22.8 Å². The number of carbonyl (C=O) groups excluding carboxylic acids is 1. The van der Waals surface area contributed by atoms with E-state index in [0.29, 0.717) is 13.0 Å². The van der Waals surface area contributed by atoms with E-state index in [9.17, 15) is 13.2 Å². The smallest absolute Gasteiger partial charge is 0.227 e. The number of amides is 1. The van der Waals surface area contributed by atoms with Gasteiger partial charge in [-0.25, -0.2) is 8.42 Å². The zero-order valence-electron chi connectivity index (χ0n) is 15.0. The predicted octanol–water partition coefficient (Wildman–Crippen LogP) is 3.02. The Kier molecular flexibility index (Phi) is 4.91. The lowest BCUT2D eigenvalue weighted by atomic mass is 10.0. The van der Waals surface area contributed by atoms with Gasteiger partial charge in [-0.1, -0.05) is 6.92 Å². The molecular formula is C19H25NO4S. The summed E-state index contributed by atoms with van der Waals surface area (Å²) in [6.07, 6.45) is 3.24. The molecule has 0 N–H and O–H groups in total. The van der Waals surface area contributed by atoms with Crippen molar-refractivity contribution in [3.8, 4) is 0 Å². The second-order valence-corrected chi connectivity index (χ2v) is 9.24. The summed E-state index contributed by atoms with van der Waals surface area (Å²) in [5.74, 6) is 0.242. The molecule has 1 fully saturated rings. The molecule has 1 aliphatic rings. The number of hydrogen-bond donors (Lipinski definition) is 0. The molecule has 0 aliphatic carbocycles.